The van der Waals surface area contributed by atoms with E-state index < -0.39 is 0 Å². The number of carbonyl (C=O) groups excluding carboxylic acids is 1. The highest BCUT2D eigenvalue weighted by Crippen LogP contribution is 2.33. The molecule has 5 heteroatoms. The van der Waals surface area contributed by atoms with Gasteiger partial charge in [0, 0.05) is 25.2 Å². The molecule has 0 bridgehead atoms. The van der Waals surface area contributed by atoms with Gasteiger partial charge in [-0.2, -0.15) is 0 Å². The van der Waals surface area contributed by atoms with Crippen molar-refractivity contribution >= 4 is 16.8 Å². The second kappa shape index (κ2) is 5.91. The lowest BCUT2D eigenvalue weighted by atomic mass is 10.0. The number of nitrogens with zero attached hydrogens (tertiary/aromatic N) is 2. The van der Waals surface area contributed by atoms with E-state index in [9.17, 15) is 4.79 Å². The lowest BCUT2D eigenvalue weighted by molar-refractivity contribution is -0.0946. The molecule has 1 aromatic carbocycles. The van der Waals surface area contributed by atoms with Crippen LogP contribution in [0.2, 0.25) is 0 Å². The molecule has 5 nitrogen and oxygen atoms in total. The molecule has 0 spiro atoms. The molecule has 2 aromatic rings. The third kappa shape index (κ3) is 2.40. The van der Waals surface area contributed by atoms with Crippen molar-refractivity contribution in [2.45, 2.75) is 31.1 Å². The molecule has 1 aliphatic carbocycles. The summed E-state index contributed by atoms with van der Waals surface area (Å²) in [7, 11) is 1.72. The van der Waals surface area contributed by atoms with Crippen LogP contribution in [0.4, 0.5) is 0 Å². The second-order valence-corrected chi connectivity index (χ2v) is 6.13. The van der Waals surface area contributed by atoms with Crippen LogP contribution < -0.4 is 0 Å². The topological polar surface area (TPSA) is 51.7 Å². The van der Waals surface area contributed by atoms with Crippen LogP contribution >= 0.6 is 0 Å². The standard InChI is InChI=1S/C18H20N2O3/c1-22-16-7-6-15-17(16)23-11-10-20(15)18(21)13-8-9-19-14-5-3-2-4-12(13)14/h2-5,8-9,15-17H,6-7,10-11H2,1H3/t15-,16-,17+/m1/s1. The van der Waals surface area contributed by atoms with Gasteiger partial charge in [0.15, 0.2) is 0 Å². The van der Waals surface area contributed by atoms with Crippen LogP contribution in [0.1, 0.15) is 23.2 Å². The maximum absolute atomic E-state index is 13.2. The Bertz CT molecular complexity index is 728. The summed E-state index contributed by atoms with van der Waals surface area (Å²) in [5, 5.41) is 0.907. The maximum atomic E-state index is 13.2. The van der Waals surface area contributed by atoms with Crippen molar-refractivity contribution in [1.29, 1.82) is 0 Å². The molecule has 0 unspecified atom stereocenters. The highest BCUT2D eigenvalue weighted by atomic mass is 16.5. The van der Waals surface area contributed by atoms with Gasteiger partial charge in [-0.3, -0.25) is 9.78 Å². The number of amides is 1. The Morgan fingerprint density at radius 3 is 3.04 bits per heavy atom. The summed E-state index contributed by atoms with van der Waals surface area (Å²) in [5.41, 5.74) is 1.57. The molecule has 2 aliphatic rings. The lowest BCUT2D eigenvalue weighted by Crippen LogP contribution is -2.53. The summed E-state index contributed by atoms with van der Waals surface area (Å²) in [6.45, 7) is 1.20. The average Bonchev–Trinajstić information content (AvgIpc) is 3.04. The van der Waals surface area contributed by atoms with Crippen LogP contribution in [0.15, 0.2) is 36.5 Å². The number of hydrogen-bond donors (Lipinski definition) is 0. The summed E-state index contributed by atoms with van der Waals surface area (Å²) in [6.07, 6.45) is 3.65. The van der Waals surface area contributed by atoms with Crippen molar-refractivity contribution < 1.29 is 14.3 Å². The molecule has 2 heterocycles. The minimum atomic E-state index is -0.00852. The van der Waals surface area contributed by atoms with Gasteiger partial charge in [-0.15, -0.1) is 0 Å². The quantitative estimate of drug-likeness (QED) is 0.853. The van der Waals surface area contributed by atoms with Crippen molar-refractivity contribution in [2.24, 2.45) is 0 Å². The lowest BCUT2D eigenvalue weighted by Gasteiger charge is -2.39. The first-order valence-electron chi connectivity index (χ1n) is 8.08. The number of hydrogen-bond acceptors (Lipinski definition) is 4. The predicted molar refractivity (Wildman–Crippen MR) is 86.3 cm³/mol. The van der Waals surface area contributed by atoms with Gasteiger partial charge in [-0.25, -0.2) is 0 Å². The summed E-state index contributed by atoms with van der Waals surface area (Å²) in [4.78, 5) is 19.5. The van der Waals surface area contributed by atoms with E-state index in [2.05, 4.69) is 4.98 Å². The number of aromatic nitrogens is 1. The van der Waals surface area contributed by atoms with Crippen LogP contribution in [-0.4, -0.2) is 54.3 Å². The van der Waals surface area contributed by atoms with E-state index in [1.54, 1.807) is 13.3 Å². The average molecular weight is 312 g/mol. The first-order chi connectivity index (χ1) is 11.3. The molecule has 1 saturated carbocycles. The van der Waals surface area contributed by atoms with Crippen molar-refractivity contribution in [3.05, 3.63) is 42.1 Å². The van der Waals surface area contributed by atoms with Crippen LogP contribution in [0.3, 0.4) is 0 Å². The molecule has 1 saturated heterocycles. The molecule has 0 N–H and O–H groups in total. The van der Waals surface area contributed by atoms with E-state index in [4.69, 9.17) is 9.47 Å². The highest BCUT2D eigenvalue weighted by molar-refractivity contribution is 6.06. The number of morpholine rings is 1. The number of carbonyl (C=O) groups is 1. The van der Waals surface area contributed by atoms with Gasteiger partial charge < -0.3 is 14.4 Å². The van der Waals surface area contributed by atoms with Crippen LogP contribution in [0.5, 0.6) is 0 Å². The molecule has 1 aromatic heterocycles. The zero-order valence-corrected chi connectivity index (χ0v) is 13.1. The monoisotopic (exact) mass is 312 g/mol. The Morgan fingerprint density at radius 1 is 1.30 bits per heavy atom. The van der Waals surface area contributed by atoms with Crippen molar-refractivity contribution in [2.75, 3.05) is 20.3 Å². The van der Waals surface area contributed by atoms with Crippen LogP contribution in [0, 0.1) is 0 Å². The molecular weight excluding hydrogens is 292 g/mol. The van der Waals surface area contributed by atoms with Crippen LogP contribution in [0.25, 0.3) is 10.9 Å². The fourth-order valence-corrected chi connectivity index (χ4v) is 3.86. The maximum Gasteiger partial charge on any atom is 0.255 e. The van der Waals surface area contributed by atoms with E-state index in [-0.39, 0.29) is 24.2 Å². The largest absolute Gasteiger partial charge is 0.379 e. The molecular formula is C18H20N2O3. The van der Waals surface area contributed by atoms with Crippen molar-refractivity contribution in [3.63, 3.8) is 0 Å². The normalized spacial score (nSPS) is 27.2. The van der Waals surface area contributed by atoms with Gasteiger partial charge in [0.05, 0.1) is 29.8 Å². The summed E-state index contributed by atoms with van der Waals surface area (Å²) >= 11 is 0. The number of benzene rings is 1. The summed E-state index contributed by atoms with van der Waals surface area (Å²) in [6, 6.07) is 9.70. The van der Waals surface area contributed by atoms with Crippen LogP contribution in [-0.2, 0) is 9.47 Å². The van der Waals surface area contributed by atoms with Gasteiger partial charge in [0.2, 0.25) is 0 Å². The highest BCUT2D eigenvalue weighted by Gasteiger charge is 2.44. The number of para-hydroxylation sites is 1. The Morgan fingerprint density at radius 2 is 2.17 bits per heavy atom. The van der Waals surface area contributed by atoms with Gasteiger partial charge in [0.25, 0.3) is 5.91 Å². The molecule has 23 heavy (non-hydrogen) atoms. The number of pyridine rings is 1. The van der Waals surface area contributed by atoms with E-state index in [0.717, 1.165) is 29.3 Å². The number of ether oxygens (including phenoxy) is 2. The minimum Gasteiger partial charge on any atom is -0.379 e. The summed E-state index contributed by atoms with van der Waals surface area (Å²) in [5.74, 6) is 0.0682. The smallest absolute Gasteiger partial charge is 0.255 e. The molecule has 120 valence electrons. The van der Waals surface area contributed by atoms with Crippen molar-refractivity contribution in [3.8, 4) is 0 Å². The first kappa shape index (κ1) is 14.6. The van der Waals surface area contributed by atoms with Gasteiger partial charge in [-0.05, 0) is 25.0 Å². The second-order valence-electron chi connectivity index (χ2n) is 6.13. The third-order valence-electron chi connectivity index (χ3n) is 4.98. The van der Waals surface area contributed by atoms with E-state index in [1.807, 2.05) is 35.2 Å². The molecule has 4 rings (SSSR count). The van der Waals surface area contributed by atoms with Gasteiger partial charge >= 0.3 is 0 Å². The molecule has 3 atom stereocenters. The molecule has 1 aliphatic heterocycles. The number of methoxy groups -OCH3 is 1. The number of rotatable bonds is 2. The zero-order chi connectivity index (χ0) is 15.8. The van der Waals surface area contributed by atoms with E-state index >= 15 is 0 Å². The third-order valence-corrected chi connectivity index (χ3v) is 4.98. The fourth-order valence-electron chi connectivity index (χ4n) is 3.86. The Kier molecular flexibility index (Phi) is 3.75. The number of fused-ring (bicyclic) bond motifs is 2. The predicted octanol–water partition coefficient (Wildman–Crippen LogP) is 2.25. The molecule has 0 radical (unpaired) electrons. The first-order valence-corrected chi connectivity index (χ1v) is 8.08. The van der Waals surface area contributed by atoms with Gasteiger partial charge in [-0.1, -0.05) is 18.2 Å². The van der Waals surface area contributed by atoms with E-state index in [0.29, 0.717) is 13.2 Å². The molecule has 1 amide bonds. The molecule has 2 fully saturated rings. The van der Waals surface area contributed by atoms with Gasteiger partial charge in [0.1, 0.15) is 6.10 Å². The van der Waals surface area contributed by atoms with Crippen molar-refractivity contribution in [1.82, 2.24) is 9.88 Å². The Labute approximate surface area is 135 Å². The Hall–Kier alpha value is -1.98. The van der Waals surface area contributed by atoms with E-state index in [1.165, 1.54) is 0 Å². The minimum absolute atomic E-state index is 0.00852. The SMILES string of the molecule is CO[C@@H]1CC[C@@H]2[C@@H]1OCCN2C(=O)c1ccnc2ccccc12. The summed E-state index contributed by atoms with van der Waals surface area (Å²) < 4.78 is 11.4. The Balaban J connectivity index is 1.68. The fraction of sp³-hybridized carbons (Fsp3) is 0.444. The zero-order valence-electron chi connectivity index (χ0n) is 13.1.